The van der Waals surface area contributed by atoms with Gasteiger partial charge < -0.3 is 56.6 Å². The molecule has 0 aliphatic carbocycles. The first-order valence-electron chi connectivity index (χ1n) is 15.8. The van der Waals surface area contributed by atoms with Crippen molar-refractivity contribution in [2.45, 2.75) is 63.8 Å². The molecule has 7 atom stereocenters. The fourth-order valence-electron chi connectivity index (χ4n) is 4.61. The lowest BCUT2D eigenvalue weighted by Gasteiger charge is -2.30. The van der Waals surface area contributed by atoms with E-state index in [1.807, 2.05) is 0 Å². The zero-order chi connectivity index (χ0) is 40.5. The number of amides is 2. The highest BCUT2D eigenvalue weighted by molar-refractivity contribution is 8.13. The number of nitrogens with zero attached hydrogens (tertiary/aromatic N) is 4. The molecule has 0 radical (unpaired) electrons. The van der Waals surface area contributed by atoms with Gasteiger partial charge in [0.2, 0.25) is 11.8 Å². The van der Waals surface area contributed by atoms with Gasteiger partial charge in [-0.25, -0.2) is 28.6 Å². The molecule has 3 heterocycles. The van der Waals surface area contributed by atoms with Crippen LogP contribution in [0.5, 0.6) is 0 Å². The van der Waals surface area contributed by atoms with Crippen LogP contribution in [0.15, 0.2) is 12.7 Å². The predicted octanol–water partition coefficient (Wildman–Crippen LogP) is -1.60. The number of phosphoric ester groups is 3. The molecule has 2 aromatic rings. The number of imidazole rings is 1. The molecule has 1 aliphatic heterocycles. The summed E-state index contributed by atoms with van der Waals surface area (Å²) in [6, 6.07) is 0. The van der Waals surface area contributed by atoms with E-state index < -0.39 is 84.6 Å². The van der Waals surface area contributed by atoms with Crippen molar-refractivity contribution in [2.75, 3.05) is 44.3 Å². The number of nitrogen functional groups attached to an aromatic ring is 1. The molecule has 0 saturated carbocycles. The summed E-state index contributed by atoms with van der Waals surface area (Å²) < 4.78 is 62.0. The lowest BCUT2D eigenvalue weighted by atomic mass is 9.87. The second-order valence-electron chi connectivity index (χ2n) is 12.2. The number of fused-ring (bicyclic) bond motifs is 1. The van der Waals surface area contributed by atoms with Gasteiger partial charge in [-0.3, -0.25) is 32.5 Å². The van der Waals surface area contributed by atoms with Crippen LogP contribution < -0.4 is 22.1 Å². The summed E-state index contributed by atoms with van der Waals surface area (Å²) in [5.74, 6) is -1.12. The van der Waals surface area contributed by atoms with Gasteiger partial charge in [0.1, 0.15) is 36.3 Å². The lowest BCUT2D eigenvalue weighted by Crippen LogP contribution is -2.46. The van der Waals surface area contributed by atoms with Crippen molar-refractivity contribution in [2.24, 2.45) is 11.1 Å². The van der Waals surface area contributed by atoms with Crippen LogP contribution in [-0.4, -0.2) is 129 Å². The van der Waals surface area contributed by atoms with Crippen molar-refractivity contribution in [3.8, 4) is 0 Å². The highest BCUT2D eigenvalue weighted by Gasteiger charge is 2.50. The quantitative estimate of drug-likeness (QED) is 0.0471. The van der Waals surface area contributed by atoms with Gasteiger partial charge in [0.15, 0.2) is 22.8 Å². The number of thioether (sulfide) groups is 1. The van der Waals surface area contributed by atoms with E-state index in [1.54, 1.807) is 0 Å². The Morgan fingerprint density at radius 3 is 2.41 bits per heavy atom. The molecule has 25 nitrogen and oxygen atoms in total. The van der Waals surface area contributed by atoms with Crippen LogP contribution in [0.25, 0.3) is 11.2 Å². The number of carbonyl (C=O) groups is 3. The number of nitrogens with one attached hydrogen (secondary N) is 2. The van der Waals surface area contributed by atoms with Crippen LogP contribution >= 0.6 is 35.2 Å². The average Bonchev–Trinajstić information content (AvgIpc) is 3.63. The normalized spacial score (nSPS) is 22.0. The van der Waals surface area contributed by atoms with Gasteiger partial charge in [0, 0.05) is 37.1 Å². The number of phosphoric acid groups is 3. The van der Waals surface area contributed by atoms with Gasteiger partial charge in [0.05, 0.1) is 19.5 Å². The van der Waals surface area contributed by atoms with Gasteiger partial charge in [-0.15, -0.1) is 0 Å². The van der Waals surface area contributed by atoms with E-state index in [-0.39, 0.29) is 41.6 Å². The predicted molar refractivity (Wildman–Crippen MR) is 185 cm³/mol. The van der Waals surface area contributed by atoms with Gasteiger partial charge in [-0.05, 0) is 13.0 Å². The standard InChI is InChI=1S/C25H43N8O17P3S/c1-25(2,20(37)23(38)29-7-5-15(34)28-8-9-54-16(35)4-3-6-26)11-47-53(44,45)50-52(42,43)46-10-14-19(49-51(39,40)41)18(36)24(48-14)33-13-32-17-21(27)30-12-31-22(17)33/h12-14,18-20,24,36-37H,3-11,26H2,1-2H3,(H,28,34)(H,29,38)(H,42,43)(H,44,45)(H2,27,30,31)(H2,39,40,41)/t14-,18-,19-,20+,24-/m1/s1. The van der Waals surface area contributed by atoms with Crippen LogP contribution in [0, 0.1) is 5.41 Å². The van der Waals surface area contributed by atoms with Crippen molar-refractivity contribution >= 4 is 69.1 Å². The number of anilines is 1. The Bertz CT molecular complexity index is 1770. The van der Waals surface area contributed by atoms with Crippen molar-refractivity contribution in [3.05, 3.63) is 12.7 Å². The van der Waals surface area contributed by atoms with Gasteiger partial charge in [-0.2, -0.15) is 4.31 Å². The van der Waals surface area contributed by atoms with Crippen molar-refractivity contribution in [1.82, 2.24) is 30.2 Å². The third-order valence-electron chi connectivity index (χ3n) is 7.35. The van der Waals surface area contributed by atoms with Crippen molar-refractivity contribution in [1.29, 1.82) is 0 Å². The van der Waals surface area contributed by atoms with E-state index in [1.165, 1.54) is 13.8 Å². The Kier molecular flexibility index (Phi) is 16.7. The monoisotopic (exact) mass is 852 g/mol. The summed E-state index contributed by atoms with van der Waals surface area (Å²) in [5, 5.41) is 26.2. The molecule has 1 fully saturated rings. The number of aliphatic hydroxyl groups is 2. The maximum Gasteiger partial charge on any atom is 0.481 e. The number of nitrogens with two attached hydrogens (primary N) is 2. The largest absolute Gasteiger partial charge is 0.481 e. The lowest BCUT2D eigenvalue weighted by molar-refractivity contribution is -0.137. The topological polar surface area (TPSA) is 390 Å². The third kappa shape index (κ3) is 13.9. The smallest absolute Gasteiger partial charge is 0.386 e. The number of carbonyl (C=O) groups excluding carboxylic acids is 3. The fraction of sp³-hybridized carbons (Fsp3) is 0.680. The number of aliphatic hydroxyl groups excluding tert-OH is 2. The summed E-state index contributed by atoms with van der Waals surface area (Å²) in [6.45, 7) is 0.873. The van der Waals surface area contributed by atoms with E-state index in [9.17, 15) is 57.9 Å². The number of hydrogen-bond donors (Lipinski definition) is 10. The van der Waals surface area contributed by atoms with Crippen LogP contribution in [-0.2, 0) is 50.7 Å². The first-order valence-corrected chi connectivity index (χ1v) is 21.3. The number of aromatic nitrogens is 4. The first kappa shape index (κ1) is 45.9. The molecule has 54 heavy (non-hydrogen) atoms. The Hall–Kier alpha value is -2.48. The molecule has 1 aliphatic rings. The molecule has 0 aromatic carbocycles. The van der Waals surface area contributed by atoms with Crippen LogP contribution in [0.4, 0.5) is 5.82 Å². The molecule has 29 heteroatoms. The molecule has 12 N–H and O–H groups in total. The van der Waals surface area contributed by atoms with E-state index in [0.29, 0.717) is 25.1 Å². The number of ether oxygens (including phenoxy) is 1. The minimum Gasteiger partial charge on any atom is -0.386 e. The van der Waals surface area contributed by atoms with E-state index in [2.05, 4.69) is 34.4 Å². The second kappa shape index (κ2) is 19.6. The minimum atomic E-state index is -5.57. The summed E-state index contributed by atoms with van der Waals surface area (Å²) in [5.41, 5.74) is 9.60. The van der Waals surface area contributed by atoms with E-state index in [0.717, 1.165) is 29.0 Å². The molecule has 2 unspecified atom stereocenters. The van der Waals surface area contributed by atoms with E-state index >= 15 is 0 Å². The fourth-order valence-corrected chi connectivity index (χ4v) is 8.16. The van der Waals surface area contributed by atoms with Gasteiger partial charge in [-0.1, -0.05) is 25.6 Å². The molecule has 2 amide bonds. The SMILES string of the molecule is CC(C)(COP(=O)(O)OP(=O)(O)OC[C@H]1O[C@@H](n2cnc3c(N)ncnc32)[C@H](O)[C@@H]1OP(=O)(O)O)[C@@H](O)C(=O)NCCC(=O)NCCSC(=O)CCCN. The molecule has 306 valence electrons. The van der Waals surface area contributed by atoms with Crippen LogP contribution in [0.3, 0.4) is 0 Å². The first-order chi connectivity index (χ1) is 25.1. The highest BCUT2D eigenvalue weighted by atomic mass is 32.2. The maximum absolute atomic E-state index is 12.6. The van der Waals surface area contributed by atoms with Crippen molar-refractivity contribution < 1.29 is 80.5 Å². The Morgan fingerprint density at radius 2 is 1.74 bits per heavy atom. The zero-order valence-corrected chi connectivity index (χ0v) is 32.3. The molecule has 0 bridgehead atoms. The molecular weight excluding hydrogens is 809 g/mol. The zero-order valence-electron chi connectivity index (χ0n) is 28.8. The Morgan fingerprint density at radius 1 is 1.06 bits per heavy atom. The molecule has 2 aromatic heterocycles. The maximum atomic E-state index is 12.6. The Balaban J connectivity index is 1.50. The van der Waals surface area contributed by atoms with Gasteiger partial charge >= 0.3 is 23.5 Å². The van der Waals surface area contributed by atoms with Crippen molar-refractivity contribution in [3.63, 3.8) is 0 Å². The summed E-state index contributed by atoms with van der Waals surface area (Å²) in [6.07, 6.45) is -6.02. The number of hydrogen-bond acceptors (Lipinski definition) is 19. The average molecular weight is 853 g/mol. The van der Waals surface area contributed by atoms with Gasteiger partial charge in [0.25, 0.3) is 0 Å². The molecular formula is C25H43N8O17P3S. The molecule has 3 rings (SSSR count). The number of rotatable bonds is 22. The highest BCUT2D eigenvalue weighted by Crippen LogP contribution is 2.61. The third-order valence-corrected chi connectivity index (χ3v) is 11.4. The van der Waals surface area contributed by atoms with E-state index in [4.69, 9.17) is 25.3 Å². The summed E-state index contributed by atoms with van der Waals surface area (Å²) in [4.78, 5) is 87.0. The Labute approximate surface area is 311 Å². The molecule has 1 saturated heterocycles. The van der Waals surface area contributed by atoms with Crippen LogP contribution in [0.2, 0.25) is 0 Å². The summed E-state index contributed by atoms with van der Waals surface area (Å²) in [7, 11) is -16.4. The second-order valence-corrected chi connectivity index (χ2v) is 17.6. The van der Waals surface area contributed by atoms with Crippen LogP contribution in [0.1, 0.15) is 39.3 Å². The molecule has 0 spiro atoms. The minimum absolute atomic E-state index is 0.0293. The summed E-state index contributed by atoms with van der Waals surface area (Å²) >= 11 is 1.05.